The van der Waals surface area contributed by atoms with Crippen LogP contribution < -0.4 is 0 Å². The van der Waals surface area contributed by atoms with Crippen molar-refractivity contribution in [1.29, 1.82) is 0 Å². The summed E-state index contributed by atoms with van der Waals surface area (Å²) in [6.07, 6.45) is -0.991. The molecular formula is C5H11NaO3. The molecule has 0 rings (SSSR count). The molecule has 0 saturated heterocycles. The summed E-state index contributed by atoms with van der Waals surface area (Å²) in [6.45, 7) is 3.39. The minimum absolute atomic E-state index is 0. The molecule has 0 aromatic rings. The normalized spacial score (nSPS) is 11.4. The summed E-state index contributed by atoms with van der Waals surface area (Å²) in [5.74, 6) is -0.562. The predicted octanol–water partition coefficient (Wildman–Crippen LogP) is -0.718. The number of esters is 1. The molecule has 9 heavy (non-hydrogen) atoms. The molecule has 0 fully saturated rings. The average molecular weight is 142 g/mol. The number of aliphatic hydroxyl groups excluding tert-OH is 1. The molecule has 0 spiro atoms. The summed E-state index contributed by atoms with van der Waals surface area (Å²) in [5.41, 5.74) is 0. The Morgan fingerprint density at radius 3 is 2.33 bits per heavy atom. The van der Waals surface area contributed by atoms with Crippen molar-refractivity contribution >= 4 is 35.5 Å². The van der Waals surface area contributed by atoms with Gasteiger partial charge in [0.05, 0.1) is 6.61 Å². The molecule has 0 aliphatic heterocycles. The van der Waals surface area contributed by atoms with Crippen LogP contribution in [0.4, 0.5) is 0 Å². The summed E-state index contributed by atoms with van der Waals surface area (Å²) in [4.78, 5) is 10.3. The summed E-state index contributed by atoms with van der Waals surface area (Å²) in [5, 5.41) is 8.48. The molecular weight excluding hydrogens is 131 g/mol. The molecule has 0 aromatic heterocycles. The summed E-state index contributed by atoms with van der Waals surface area (Å²) in [7, 11) is 0. The molecule has 50 valence electrons. The van der Waals surface area contributed by atoms with Gasteiger partial charge < -0.3 is 9.84 Å². The average Bonchev–Trinajstić information content (AvgIpc) is 1.67. The zero-order valence-corrected chi connectivity index (χ0v) is 5.05. The van der Waals surface area contributed by atoms with Gasteiger partial charge in [0.2, 0.25) is 0 Å². The molecule has 1 atom stereocenters. The van der Waals surface area contributed by atoms with Crippen LogP contribution in [-0.2, 0) is 9.53 Å². The number of carbonyl (C=O) groups is 1. The van der Waals surface area contributed by atoms with E-state index in [9.17, 15) is 4.79 Å². The molecule has 0 radical (unpaired) electrons. The molecule has 1 N–H and O–H groups in total. The van der Waals surface area contributed by atoms with Crippen molar-refractivity contribution < 1.29 is 14.6 Å². The number of ether oxygens (including phenoxy) is 1. The van der Waals surface area contributed by atoms with E-state index >= 15 is 0 Å². The van der Waals surface area contributed by atoms with E-state index in [0.29, 0.717) is 6.61 Å². The van der Waals surface area contributed by atoms with Gasteiger partial charge in [0.15, 0.2) is 0 Å². The van der Waals surface area contributed by atoms with E-state index in [4.69, 9.17) is 5.11 Å². The van der Waals surface area contributed by atoms with Crippen molar-refractivity contribution in [2.45, 2.75) is 20.0 Å². The van der Waals surface area contributed by atoms with Crippen LogP contribution in [0.1, 0.15) is 13.8 Å². The van der Waals surface area contributed by atoms with Crippen molar-refractivity contribution in [3.8, 4) is 0 Å². The maximum absolute atomic E-state index is 10.3. The van der Waals surface area contributed by atoms with Crippen LogP contribution in [0.5, 0.6) is 0 Å². The van der Waals surface area contributed by atoms with E-state index in [0.717, 1.165) is 0 Å². The summed E-state index contributed by atoms with van der Waals surface area (Å²) < 4.78 is 4.41. The Morgan fingerprint density at radius 2 is 2.22 bits per heavy atom. The molecule has 0 bridgehead atoms. The second kappa shape index (κ2) is 6.55. The zero-order chi connectivity index (χ0) is 6.57. The van der Waals surface area contributed by atoms with Crippen LogP contribution in [-0.4, -0.2) is 53.3 Å². The van der Waals surface area contributed by atoms with Gasteiger partial charge in [0.25, 0.3) is 0 Å². The zero-order valence-electron chi connectivity index (χ0n) is 5.05. The molecule has 0 heterocycles. The van der Waals surface area contributed by atoms with Gasteiger partial charge in [-0.05, 0) is 13.8 Å². The fourth-order valence-electron chi connectivity index (χ4n) is 0.263. The maximum atomic E-state index is 10.3. The Balaban J connectivity index is 0. The predicted molar refractivity (Wildman–Crippen MR) is 35.5 cm³/mol. The van der Waals surface area contributed by atoms with Crippen LogP contribution in [0.2, 0.25) is 0 Å². The van der Waals surface area contributed by atoms with Crippen molar-refractivity contribution in [1.82, 2.24) is 0 Å². The van der Waals surface area contributed by atoms with E-state index in [1.165, 1.54) is 6.92 Å². The van der Waals surface area contributed by atoms with E-state index < -0.39 is 12.1 Å². The van der Waals surface area contributed by atoms with Crippen LogP contribution >= 0.6 is 0 Å². The second-order valence-electron chi connectivity index (χ2n) is 1.43. The van der Waals surface area contributed by atoms with E-state index in [2.05, 4.69) is 4.74 Å². The standard InChI is InChI=1S/C5H10O3.Na.H/c1-3-8-5(7)4(2)6;;/h4,6H,3H2,1-2H3;;. The Bertz CT molecular complexity index is 82.3. The number of hydrogen-bond donors (Lipinski definition) is 1. The molecule has 0 saturated carbocycles. The van der Waals surface area contributed by atoms with E-state index in [-0.39, 0.29) is 29.6 Å². The Labute approximate surface area is 76.7 Å². The fourth-order valence-corrected chi connectivity index (χ4v) is 0.263. The van der Waals surface area contributed by atoms with Gasteiger partial charge in [-0.3, -0.25) is 0 Å². The number of hydrogen-bond acceptors (Lipinski definition) is 3. The Kier molecular flexibility index (Phi) is 8.83. The molecule has 0 aliphatic carbocycles. The van der Waals surface area contributed by atoms with Gasteiger partial charge in [-0.1, -0.05) is 0 Å². The van der Waals surface area contributed by atoms with Crippen LogP contribution in [0, 0.1) is 0 Å². The van der Waals surface area contributed by atoms with Gasteiger partial charge in [0.1, 0.15) is 6.10 Å². The first-order valence-electron chi connectivity index (χ1n) is 2.53. The molecule has 1 unspecified atom stereocenters. The third-order valence-electron chi connectivity index (χ3n) is 0.628. The van der Waals surface area contributed by atoms with Gasteiger partial charge in [-0.15, -0.1) is 0 Å². The molecule has 4 heteroatoms. The van der Waals surface area contributed by atoms with E-state index in [1.807, 2.05) is 0 Å². The first kappa shape index (κ1) is 12.1. The van der Waals surface area contributed by atoms with Crippen LogP contribution in [0.15, 0.2) is 0 Å². The quantitative estimate of drug-likeness (QED) is 0.409. The third kappa shape index (κ3) is 6.31. The van der Waals surface area contributed by atoms with Gasteiger partial charge in [-0.25, -0.2) is 4.79 Å². The topological polar surface area (TPSA) is 46.5 Å². The van der Waals surface area contributed by atoms with Crippen LogP contribution in [0.25, 0.3) is 0 Å². The van der Waals surface area contributed by atoms with Gasteiger partial charge in [0, 0.05) is 0 Å². The van der Waals surface area contributed by atoms with Crippen molar-refractivity contribution in [2.75, 3.05) is 6.61 Å². The molecule has 0 aromatic carbocycles. The van der Waals surface area contributed by atoms with Crippen molar-refractivity contribution in [3.05, 3.63) is 0 Å². The van der Waals surface area contributed by atoms with Gasteiger partial charge in [-0.2, -0.15) is 0 Å². The van der Waals surface area contributed by atoms with Gasteiger partial charge >= 0.3 is 35.5 Å². The molecule has 0 amide bonds. The fraction of sp³-hybridized carbons (Fsp3) is 0.800. The minimum atomic E-state index is -0.991. The first-order valence-corrected chi connectivity index (χ1v) is 2.53. The second-order valence-corrected chi connectivity index (χ2v) is 1.43. The summed E-state index contributed by atoms with van der Waals surface area (Å²) >= 11 is 0. The number of aliphatic hydroxyl groups is 1. The molecule has 0 aliphatic rings. The number of rotatable bonds is 2. The van der Waals surface area contributed by atoms with Crippen molar-refractivity contribution in [3.63, 3.8) is 0 Å². The SMILES string of the molecule is CCOC(=O)C(C)O.[NaH]. The third-order valence-corrected chi connectivity index (χ3v) is 0.628. The summed E-state index contributed by atoms with van der Waals surface area (Å²) in [6, 6.07) is 0. The van der Waals surface area contributed by atoms with Crippen molar-refractivity contribution in [2.24, 2.45) is 0 Å². The Hall–Kier alpha value is 0.430. The monoisotopic (exact) mass is 142 g/mol. The van der Waals surface area contributed by atoms with E-state index in [1.54, 1.807) is 6.92 Å². The molecule has 3 nitrogen and oxygen atoms in total. The number of carbonyl (C=O) groups excluding carboxylic acids is 1. The Morgan fingerprint density at radius 1 is 1.78 bits per heavy atom. The first-order chi connectivity index (χ1) is 3.68. The van der Waals surface area contributed by atoms with Crippen LogP contribution in [0.3, 0.4) is 0 Å².